The summed E-state index contributed by atoms with van der Waals surface area (Å²) in [4.78, 5) is 14.8. The number of hydrogen-bond acceptors (Lipinski definition) is 5. The monoisotopic (exact) mass is 437 g/mol. The highest BCUT2D eigenvalue weighted by Gasteiger charge is 2.27. The fourth-order valence-electron chi connectivity index (χ4n) is 4.33. The number of nitrogens with one attached hydrogen (secondary N) is 2. The third kappa shape index (κ3) is 7.04. The second-order valence-electron chi connectivity index (χ2n) is 8.72. The molecule has 2 N–H and O–H groups in total. The van der Waals surface area contributed by atoms with Crippen LogP contribution in [0.25, 0.3) is 0 Å². The van der Waals surface area contributed by atoms with Gasteiger partial charge in [-0.2, -0.15) is 0 Å². The Bertz CT molecular complexity index is 800. The van der Waals surface area contributed by atoms with Gasteiger partial charge >= 0.3 is 0 Å². The van der Waals surface area contributed by atoms with E-state index in [1.807, 2.05) is 19.1 Å². The third-order valence-electron chi connectivity index (χ3n) is 6.09. The van der Waals surface area contributed by atoms with E-state index in [2.05, 4.69) is 34.0 Å². The van der Waals surface area contributed by atoms with Crippen molar-refractivity contribution in [3.63, 3.8) is 0 Å². The third-order valence-corrected chi connectivity index (χ3v) is 7.42. The number of sulfonamides is 1. The average Bonchev–Trinajstić information content (AvgIpc) is 2.70. The molecule has 168 valence electrons. The molecule has 1 heterocycles. The molecular formula is C22H35N3O4S. The molecule has 1 saturated carbocycles. The molecule has 0 aromatic heterocycles. The molecular weight excluding hydrogens is 402 g/mol. The smallest absolute Gasteiger partial charge is 0.236 e. The fraction of sp³-hybridized carbons (Fsp3) is 0.682. The van der Waals surface area contributed by atoms with Gasteiger partial charge in [0.05, 0.1) is 19.3 Å². The Morgan fingerprint density at radius 3 is 2.57 bits per heavy atom. The lowest BCUT2D eigenvalue weighted by molar-refractivity contribution is -0.119. The number of benzene rings is 1. The molecule has 1 saturated heterocycles. The van der Waals surface area contributed by atoms with E-state index in [0.29, 0.717) is 25.7 Å². The number of carbonyl (C=O) groups excluding carboxylic acids is 1. The molecule has 1 aliphatic carbocycles. The van der Waals surface area contributed by atoms with Gasteiger partial charge in [0.2, 0.25) is 15.9 Å². The number of ether oxygens (including phenoxy) is 1. The minimum absolute atomic E-state index is 0.00625. The predicted octanol–water partition coefficient (Wildman–Crippen LogP) is 1.98. The first-order chi connectivity index (χ1) is 14.3. The van der Waals surface area contributed by atoms with Crippen molar-refractivity contribution in [1.29, 1.82) is 0 Å². The van der Waals surface area contributed by atoms with Crippen molar-refractivity contribution >= 4 is 15.9 Å². The molecule has 1 aromatic carbocycles. The summed E-state index contributed by atoms with van der Waals surface area (Å²) >= 11 is 0. The molecule has 3 rings (SSSR count). The SMILES string of the molecule is Cc1cccc(C(CNC(=O)CS(=O)(=O)NC2CCC(C)CC2)N2CCOCC2)c1. The minimum Gasteiger partial charge on any atom is -0.379 e. The summed E-state index contributed by atoms with van der Waals surface area (Å²) < 4.78 is 33.1. The van der Waals surface area contributed by atoms with Crippen LogP contribution in [0.4, 0.5) is 0 Å². The van der Waals surface area contributed by atoms with E-state index in [1.165, 1.54) is 0 Å². The van der Waals surface area contributed by atoms with Gasteiger partial charge in [-0.05, 0) is 44.1 Å². The zero-order valence-electron chi connectivity index (χ0n) is 18.1. The van der Waals surface area contributed by atoms with E-state index < -0.39 is 21.7 Å². The lowest BCUT2D eigenvalue weighted by Gasteiger charge is -2.35. The average molecular weight is 438 g/mol. The molecule has 1 atom stereocenters. The highest BCUT2D eigenvalue weighted by atomic mass is 32.2. The maximum absolute atomic E-state index is 12.5. The maximum atomic E-state index is 12.5. The number of morpholine rings is 1. The molecule has 1 amide bonds. The van der Waals surface area contributed by atoms with Crippen molar-refractivity contribution < 1.29 is 17.9 Å². The zero-order chi connectivity index (χ0) is 21.6. The molecule has 2 fully saturated rings. The van der Waals surface area contributed by atoms with Crippen molar-refractivity contribution in [1.82, 2.24) is 14.9 Å². The molecule has 0 spiro atoms. The van der Waals surface area contributed by atoms with Gasteiger partial charge in [0.1, 0.15) is 5.75 Å². The summed E-state index contributed by atoms with van der Waals surface area (Å²) in [5.74, 6) is -0.340. The first-order valence-corrected chi connectivity index (χ1v) is 12.6. The molecule has 1 aliphatic heterocycles. The Morgan fingerprint density at radius 2 is 1.90 bits per heavy atom. The summed E-state index contributed by atoms with van der Waals surface area (Å²) in [5, 5.41) is 2.86. The topological polar surface area (TPSA) is 87.7 Å². The van der Waals surface area contributed by atoms with E-state index in [1.54, 1.807) is 0 Å². The molecule has 7 nitrogen and oxygen atoms in total. The number of amides is 1. The molecule has 0 bridgehead atoms. The van der Waals surface area contributed by atoms with Gasteiger partial charge in [-0.3, -0.25) is 9.69 Å². The van der Waals surface area contributed by atoms with Gasteiger partial charge in [0, 0.05) is 25.7 Å². The normalized spacial score (nSPS) is 24.3. The van der Waals surface area contributed by atoms with Crippen LogP contribution < -0.4 is 10.0 Å². The van der Waals surface area contributed by atoms with Gasteiger partial charge in [0.25, 0.3) is 0 Å². The second-order valence-corrected chi connectivity index (χ2v) is 10.5. The fourth-order valence-corrected chi connectivity index (χ4v) is 5.61. The van der Waals surface area contributed by atoms with Crippen LogP contribution in [-0.4, -0.2) is 63.9 Å². The highest BCUT2D eigenvalue weighted by molar-refractivity contribution is 7.90. The van der Waals surface area contributed by atoms with Crippen molar-refractivity contribution in [2.24, 2.45) is 5.92 Å². The first kappa shape index (κ1) is 23.2. The van der Waals surface area contributed by atoms with Crippen LogP contribution in [0.1, 0.15) is 49.8 Å². The Morgan fingerprint density at radius 1 is 1.20 bits per heavy atom. The first-order valence-electron chi connectivity index (χ1n) is 11.0. The predicted molar refractivity (Wildman–Crippen MR) is 118 cm³/mol. The second kappa shape index (κ2) is 10.7. The molecule has 1 aromatic rings. The Hall–Kier alpha value is -1.48. The molecule has 1 unspecified atom stereocenters. The van der Waals surface area contributed by atoms with Gasteiger partial charge < -0.3 is 10.1 Å². The van der Waals surface area contributed by atoms with Crippen LogP contribution >= 0.6 is 0 Å². The van der Waals surface area contributed by atoms with Crippen molar-refractivity contribution in [2.45, 2.75) is 51.6 Å². The van der Waals surface area contributed by atoms with Crippen LogP contribution in [0.3, 0.4) is 0 Å². The standard InChI is InChI=1S/C22H35N3O4S/c1-17-6-8-20(9-7-17)24-30(27,28)16-22(26)23-15-21(25-10-12-29-13-11-25)19-5-3-4-18(2)14-19/h3-5,14,17,20-21,24H,6-13,15-16H2,1-2H3,(H,23,26). The number of hydrogen-bond donors (Lipinski definition) is 2. The Balaban J connectivity index is 1.57. The zero-order valence-corrected chi connectivity index (χ0v) is 18.9. The van der Waals surface area contributed by atoms with Gasteiger partial charge in [0.15, 0.2) is 0 Å². The van der Waals surface area contributed by atoms with Crippen LogP contribution in [0.15, 0.2) is 24.3 Å². The summed E-state index contributed by atoms with van der Waals surface area (Å²) in [5.41, 5.74) is 2.28. The largest absolute Gasteiger partial charge is 0.379 e. The van der Waals surface area contributed by atoms with E-state index in [4.69, 9.17) is 4.74 Å². The van der Waals surface area contributed by atoms with Crippen molar-refractivity contribution in [3.05, 3.63) is 35.4 Å². The van der Waals surface area contributed by atoms with Crippen LogP contribution in [-0.2, 0) is 19.6 Å². The number of rotatable bonds is 8. The van der Waals surface area contributed by atoms with Crippen molar-refractivity contribution in [3.8, 4) is 0 Å². The maximum Gasteiger partial charge on any atom is 0.236 e. The molecule has 30 heavy (non-hydrogen) atoms. The summed E-state index contributed by atoms with van der Waals surface area (Å²) in [6.45, 7) is 7.50. The van der Waals surface area contributed by atoms with Crippen LogP contribution in [0, 0.1) is 12.8 Å². The van der Waals surface area contributed by atoms with Gasteiger partial charge in [-0.1, -0.05) is 36.8 Å². The van der Waals surface area contributed by atoms with Crippen LogP contribution in [0.5, 0.6) is 0 Å². The number of aryl methyl sites for hydroxylation is 1. The summed E-state index contributed by atoms with van der Waals surface area (Å²) in [6, 6.07) is 8.18. The van der Waals surface area contributed by atoms with Gasteiger partial charge in [-0.15, -0.1) is 0 Å². The van der Waals surface area contributed by atoms with Crippen LogP contribution in [0.2, 0.25) is 0 Å². The van der Waals surface area contributed by atoms with E-state index >= 15 is 0 Å². The lowest BCUT2D eigenvalue weighted by Crippen LogP contribution is -2.46. The van der Waals surface area contributed by atoms with E-state index in [0.717, 1.165) is 49.9 Å². The Kier molecular flexibility index (Phi) is 8.27. The quantitative estimate of drug-likeness (QED) is 0.649. The van der Waals surface area contributed by atoms with E-state index in [-0.39, 0.29) is 12.1 Å². The Labute approximate surface area is 180 Å². The number of nitrogens with zero attached hydrogens (tertiary/aromatic N) is 1. The number of carbonyl (C=O) groups is 1. The molecule has 8 heteroatoms. The molecule has 2 aliphatic rings. The van der Waals surface area contributed by atoms with E-state index in [9.17, 15) is 13.2 Å². The molecule has 0 radical (unpaired) electrons. The lowest BCUT2D eigenvalue weighted by atomic mass is 9.88. The summed E-state index contributed by atoms with van der Waals surface area (Å²) in [7, 11) is -3.64. The minimum atomic E-state index is -3.64. The summed E-state index contributed by atoms with van der Waals surface area (Å²) in [6.07, 6.45) is 3.73. The van der Waals surface area contributed by atoms with Gasteiger partial charge in [-0.25, -0.2) is 13.1 Å². The highest BCUT2D eigenvalue weighted by Crippen LogP contribution is 2.24. The van der Waals surface area contributed by atoms with Crippen molar-refractivity contribution in [2.75, 3.05) is 38.6 Å².